The number of carbonyl (C=O) groups is 1. The Morgan fingerprint density at radius 1 is 0.780 bits per heavy atom. The van der Waals surface area contributed by atoms with Gasteiger partial charge in [0, 0.05) is 13.1 Å². The first-order valence-corrected chi connectivity index (χ1v) is 14.5. The van der Waals surface area contributed by atoms with Gasteiger partial charge in [-0.2, -0.15) is 4.31 Å². The van der Waals surface area contributed by atoms with Gasteiger partial charge in [0.05, 0.1) is 36.9 Å². The fraction of sp³-hybridized carbons (Fsp3) is 0.219. The first kappa shape index (κ1) is 28.4. The van der Waals surface area contributed by atoms with Crippen LogP contribution in [0.4, 0.5) is 0 Å². The zero-order valence-electron chi connectivity index (χ0n) is 23.0. The number of hydrogen-bond acceptors (Lipinski definition) is 7. The van der Waals surface area contributed by atoms with Gasteiger partial charge in [0.1, 0.15) is 5.75 Å². The predicted molar refractivity (Wildman–Crippen MR) is 154 cm³/mol. The van der Waals surface area contributed by atoms with Gasteiger partial charge in [0.25, 0.3) is 0 Å². The van der Waals surface area contributed by atoms with Crippen molar-refractivity contribution in [1.82, 2.24) is 4.31 Å². The molecule has 1 heterocycles. The van der Waals surface area contributed by atoms with Gasteiger partial charge in [-0.15, -0.1) is 0 Å². The van der Waals surface area contributed by atoms with E-state index in [1.165, 1.54) is 4.31 Å². The van der Waals surface area contributed by atoms with Crippen molar-refractivity contribution in [3.05, 3.63) is 119 Å². The summed E-state index contributed by atoms with van der Waals surface area (Å²) in [6, 6.07) is 27.9. The molecular formula is C32H31NO7S. The van der Waals surface area contributed by atoms with E-state index in [1.54, 1.807) is 99.1 Å². The number of morpholine rings is 1. The van der Waals surface area contributed by atoms with Crippen LogP contribution in [0.3, 0.4) is 0 Å². The van der Waals surface area contributed by atoms with Crippen LogP contribution in [0.2, 0.25) is 0 Å². The Kier molecular flexibility index (Phi) is 8.39. The minimum absolute atomic E-state index is 0.114. The largest absolute Gasteiger partial charge is 0.493 e. The molecule has 0 saturated carbocycles. The van der Waals surface area contributed by atoms with Crippen LogP contribution in [0, 0.1) is 6.92 Å². The third-order valence-electron chi connectivity index (χ3n) is 6.98. The third kappa shape index (κ3) is 6.27. The lowest BCUT2D eigenvalue weighted by molar-refractivity contribution is -0.0672. The third-order valence-corrected chi connectivity index (χ3v) is 8.82. The number of nitrogens with zero attached hydrogens (tertiary/aromatic N) is 1. The van der Waals surface area contributed by atoms with E-state index in [-0.39, 0.29) is 18.0 Å². The summed E-state index contributed by atoms with van der Waals surface area (Å²) < 4.78 is 51.8. The fourth-order valence-electron chi connectivity index (χ4n) is 4.70. The number of rotatable bonds is 8. The van der Waals surface area contributed by atoms with Crippen molar-refractivity contribution in [2.45, 2.75) is 24.0 Å². The molecule has 4 aromatic rings. The average Bonchev–Trinajstić information content (AvgIpc) is 3.01. The lowest BCUT2D eigenvalue weighted by Gasteiger charge is -2.38. The van der Waals surface area contributed by atoms with E-state index in [2.05, 4.69) is 0 Å². The maximum Gasteiger partial charge on any atom is 0.343 e. The molecule has 8 nitrogen and oxygen atoms in total. The van der Waals surface area contributed by atoms with Gasteiger partial charge in [-0.1, -0.05) is 54.1 Å². The highest BCUT2D eigenvalue weighted by molar-refractivity contribution is 7.89. The van der Waals surface area contributed by atoms with Crippen LogP contribution >= 0.6 is 0 Å². The van der Waals surface area contributed by atoms with E-state index in [0.29, 0.717) is 22.8 Å². The highest BCUT2D eigenvalue weighted by Crippen LogP contribution is 2.38. The molecule has 212 valence electrons. The fourth-order valence-corrected chi connectivity index (χ4v) is 6.14. The monoisotopic (exact) mass is 573 g/mol. The van der Waals surface area contributed by atoms with Gasteiger partial charge >= 0.3 is 5.97 Å². The Labute approximate surface area is 240 Å². The smallest absolute Gasteiger partial charge is 0.343 e. The molecule has 9 heteroatoms. The highest BCUT2D eigenvalue weighted by Gasteiger charge is 2.37. The second-order valence-corrected chi connectivity index (χ2v) is 11.6. The van der Waals surface area contributed by atoms with Crippen LogP contribution in [0.1, 0.15) is 39.3 Å². The van der Waals surface area contributed by atoms with E-state index in [4.69, 9.17) is 18.9 Å². The lowest BCUT2D eigenvalue weighted by atomic mass is 10.0. The predicted octanol–water partition coefficient (Wildman–Crippen LogP) is 5.73. The zero-order valence-corrected chi connectivity index (χ0v) is 23.8. The minimum Gasteiger partial charge on any atom is -0.493 e. The molecule has 1 aliphatic heterocycles. The molecule has 41 heavy (non-hydrogen) atoms. The molecule has 0 unspecified atom stereocenters. The number of carbonyl (C=O) groups excluding carboxylic acids is 1. The van der Waals surface area contributed by atoms with Crippen molar-refractivity contribution < 1.29 is 32.2 Å². The normalized spacial score (nSPS) is 17.5. The van der Waals surface area contributed by atoms with Crippen LogP contribution in [0.5, 0.6) is 17.2 Å². The minimum atomic E-state index is -3.82. The van der Waals surface area contributed by atoms with Gasteiger partial charge in [-0.25, -0.2) is 13.2 Å². The number of aryl methyl sites for hydroxylation is 1. The van der Waals surface area contributed by atoms with Gasteiger partial charge in [0.15, 0.2) is 11.5 Å². The molecule has 0 spiro atoms. The molecule has 4 aromatic carbocycles. The summed E-state index contributed by atoms with van der Waals surface area (Å²) in [5, 5.41) is 0. The average molecular weight is 574 g/mol. The van der Waals surface area contributed by atoms with Crippen LogP contribution in [0.15, 0.2) is 102 Å². The van der Waals surface area contributed by atoms with Crippen LogP contribution in [0.25, 0.3) is 0 Å². The van der Waals surface area contributed by atoms with E-state index in [0.717, 1.165) is 16.7 Å². The number of esters is 1. The summed E-state index contributed by atoms with van der Waals surface area (Å²) in [5.74, 6) is 0.997. The number of ether oxygens (including phenoxy) is 4. The van der Waals surface area contributed by atoms with Crippen molar-refractivity contribution in [2.75, 3.05) is 27.3 Å². The number of hydrogen-bond donors (Lipinski definition) is 0. The molecule has 0 bridgehead atoms. The van der Waals surface area contributed by atoms with Crippen LogP contribution < -0.4 is 14.2 Å². The van der Waals surface area contributed by atoms with E-state index >= 15 is 0 Å². The van der Waals surface area contributed by atoms with Gasteiger partial charge in [0.2, 0.25) is 10.0 Å². The van der Waals surface area contributed by atoms with E-state index in [9.17, 15) is 13.2 Å². The topological polar surface area (TPSA) is 91.4 Å². The summed E-state index contributed by atoms with van der Waals surface area (Å²) in [5.41, 5.74) is 2.92. The number of methoxy groups -OCH3 is 2. The highest BCUT2D eigenvalue weighted by atomic mass is 32.2. The second-order valence-electron chi connectivity index (χ2n) is 9.69. The van der Waals surface area contributed by atoms with Crippen molar-refractivity contribution in [1.29, 1.82) is 0 Å². The molecule has 0 radical (unpaired) electrons. The second kappa shape index (κ2) is 12.1. The van der Waals surface area contributed by atoms with Crippen LogP contribution in [-0.2, 0) is 14.8 Å². The van der Waals surface area contributed by atoms with Gasteiger partial charge < -0.3 is 18.9 Å². The number of sulfonamides is 1. The summed E-state index contributed by atoms with van der Waals surface area (Å²) in [6.07, 6.45) is -1.16. The molecule has 0 aromatic heterocycles. The first-order valence-electron chi connectivity index (χ1n) is 13.1. The maximum atomic E-state index is 13.8. The summed E-state index contributed by atoms with van der Waals surface area (Å²) in [6.45, 7) is 2.15. The summed E-state index contributed by atoms with van der Waals surface area (Å²) >= 11 is 0. The van der Waals surface area contributed by atoms with Crippen molar-refractivity contribution in [3.8, 4) is 17.2 Å². The molecule has 0 aliphatic carbocycles. The van der Waals surface area contributed by atoms with E-state index in [1.807, 2.05) is 19.1 Å². The SMILES string of the molecule is COc1ccc([C@@H]2CN(S(=O)(=O)c3ccc(C)cc3)C[C@H](c3ccc(OC(=O)c4ccccc4)cc3)O2)cc1OC. The van der Waals surface area contributed by atoms with Gasteiger partial charge in [-0.3, -0.25) is 0 Å². The zero-order chi connectivity index (χ0) is 29.0. The lowest BCUT2D eigenvalue weighted by Crippen LogP contribution is -2.43. The summed E-state index contributed by atoms with van der Waals surface area (Å²) in [4.78, 5) is 12.7. The molecule has 1 saturated heterocycles. The standard InChI is InChI=1S/C32H31NO7S/c1-22-9-16-27(17-10-22)41(35,36)33-20-30(40-31(21-33)25-13-18-28(37-2)29(19-25)38-3)23-11-14-26(15-12-23)39-32(34)24-7-5-4-6-8-24/h4-19,30-31H,20-21H2,1-3H3/t30-,31+/m1/s1. The maximum absolute atomic E-state index is 13.8. The first-order chi connectivity index (χ1) is 19.8. The summed E-state index contributed by atoms with van der Waals surface area (Å²) in [7, 11) is -0.711. The molecule has 1 fully saturated rings. The van der Waals surface area contributed by atoms with Crippen molar-refractivity contribution >= 4 is 16.0 Å². The quantitative estimate of drug-likeness (QED) is 0.196. The Balaban J connectivity index is 1.44. The molecular weight excluding hydrogens is 542 g/mol. The molecule has 0 N–H and O–H groups in total. The molecule has 2 atom stereocenters. The molecule has 0 amide bonds. The van der Waals surface area contributed by atoms with Crippen molar-refractivity contribution in [3.63, 3.8) is 0 Å². The molecule has 1 aliphatic rings. The van der Waals surface area contributed by atoms with Crippen LogP contribution in [-0.4, -0.2) is 46.0 Å². The number of benzene rings is 4. The molecule has 5 rings (SSSR count). The Bertz CT molecular complexity index is 1600. The Morgan fingerprint density at radius 2 is 1.39 bits per heavy atom. The Morgan fingerprint density at radius 3 is 2.02 bits per heavy atom. The van der Waals surface area contributed by atoms with Crippen molar-refractivity contribution in [2.24, 2.45) is 0 Å². The van der Waals surface area contributed by atoms with E-state index < -0.39 is 28.2 Å². The van der Waals surface area contributed by atoms with Gasteiger partial charge in [-0.05, 0) is 66.6 Å². The Hall–Kier alpha value is -4.18.